The van der Waals surface area contributed by atoms with Crippen LogP contribution in [0.15, 0.2) is 24.3 Å². The van der Waals surface area contributed by atoms with Crippen LogP contribution in [-0.4, -0.2) is 12.5 Å². The number of hydrogen-bond donors (Lipinski definition) is 1. The molecule has 0 heterocycles. The second kappa shape index (κ2) is 4.78. The highest BCUT2D eigenvalue weighted by molar-refractivity contribution is 5.97. The number of nitrogens with zero attached hydrogens (tertiary/aromatic N) is 1. The van der Waals surface area contributed by atoms with Crippen molar-refractivity contribution in [2.75, 3.05) is 17.2 Å². The van der Waals surface area contributed by atoms with Crippen molar-refractivity contribution in [3.63, 3.8) is 0 Å². The molecule has 0 bridgehead atoms. The zero-order valence-electron chi connectivity index (χ0n) is 10.5. The predicted molar refractivity (Wildman–Crippen MR) is 70.8 cm³/mol. The molecule has 0 spiro atoms. The van der Waals surface area contributed by atoms with Gasteiger partial charge in [0.25, 0.3) is 0 Å². The Balaban J connectivity index is 2.21. The molecule has 1 unspecified atom stereocenters. The number of para-hydroxylation sites is 2. The van der Waals surface area contributed by atoms with E-state index in [0.717, 1.165) is 5.69 Å². The third-order valence-corrected chi connectivity index (χ3v) is 3.53. The zero-order valence-corrected chi connectivity index (χ0v) is 10.5. The fraction of sp³-hybridized carbons (Fsp3) is 0.500. The van der Waals surface area contributed by atoms with Gasteiger partial charge in [-0.2, -0.15) is 0 Å². The fourth-order valence-electron chi connectivity index (χ4n) is 2.22. The summed E-state index contributed by atoms with van der Waals surface area (Å²) >= 11 is 0. The molecule has 1 aromatic rings. The van der Waals surface area contributed by atoms with E-state index < -0.39 is 0 Å². The maximum Gasteiger partial charge on any atom is 0.230 e. The molecule has 0 aliphatic heterocycles. The number of anilines is 2. The maximum atomic E-state index is 12.4. The van der Waals surface area contributed by atoms with Gasteiger partial charge >= 0.3 is 0 Å². The number of amides is 1. The summed E-state index contributed by atoms with van der Waals surface area (Å²) in [4.78, 5) is 14.2. The molecule has 1 aromatic carbocycles. The lowest BCUT2D eigenvalue weighted by atomic mass is 10.0. The Bertz CT molecular complexity index is 412. The standard InChI is InChI=1S/C14H20N2O/c1-3-16(13-7-5-4-6-12(13)15)14(17)10(2)11-8-9-11/h4-7,10-11H,3,8-9,15H2,1-2H3. The minimum Gasteiger partial charge on any atom is -0.397 e. The number of nitrogen functional groups attached to an aromatic ring is 1. The first-order valence-electron chi connectivity index (χ1n) is 6.31. The summed E-state index contributed by atoms with van der Waals surface area (Å²) in [5.74, 6) is 0.906. The van der Waals surface area contributed by atoms with E-state index >= 15 is 0 Å². The number of carbonyl (C=O) groups excluding carboxylic acids is 1. The molecule has 0 saturated heterocycles. The van der Waals surface area contributed by atoms with Crippen molar-refractivity contribution in [2.45, 2.75) is 26.7 Å². The van der Waals surface area contributed by atoms with Crippen molar-refractivity contribution in [1.29, 1.82) is 0 Å². The first kappa shape index (κ1) is 12.0. The van der Waals surface area contributed by atoms with Crippen molar-refractivity contribution in [3.8, 4) is 0 Å². The summed E-state index contributed by atoms with van der Waals surface area (Å²) < 4.78 is 0. The number of benzene rings is 1. The second-order valence-corrected chi connectivity index (χ2v) is 4.77. The van der Waals surface area contributed by atoms with E-state index in [2.05, 4.69) is 0 Å². The van der Waals surface area contributed by atoms with Gasteiger partial charge in [0.05, 0.1) is 11.4 Å². The molecule has 2 N–H and O–H groups in total. The predicted octanol–water partition coefficient (Wildman–Crippen LogP) is 2.67. The smallest absolute Gasteiger partial charge is 0.230 e. The van der Waals surface area contributed by atoms with Crippen LogP contribution >= 0.6 is 0 Å². The quantitative estimate of drug-likeness (QED) is 0.811. The van der Waals surface area contributed by atoms with Crippen LogP contribution < -0.4 is 10.6 Å². The molecule has 17 heavy (non-hydrogen) atoms. The second-order valence-electron chi connectivity index (χ2n) is 4.77. The summed E-state index contributed by atoms with van der Waals surface area (Å²) in [5, 5.41) is 0. The van der Waals surface area contributed by atoms with E-state index in [1.165, 1.54) is 12.8 Å². The van der Waals surface area contributed by atoms with Crippen molar-refractivity contribution < 1.29 is 4.79 Å². The average Bonchev–Trinajstić information content (AvgIpc) is 3.15. The molecule has 1 saturated carbocycles. The molecule has 1 aliphatic carbocycles. The Hall–Kier alpha value is -1.51. The highest BCUT2D eigenvalue weighted by atomic mass is 16.2. The van der Waals surface area contributed by atoms with Gasteiger partial charge in [0.15, 0.2) is 0 Å². The van der Waals surface area contributed by atoms with Gasteiger partial charge in [-0.3, -0.25) is 4.79 Å². The molecule has 1 atom stereocenters. The van der Waals surface area contributed by atoms with Gasteiger partial charge in [-0.1, -0.05) is 19.1 Å². The molecule has 1 amide bonds. The molecule has 0 aromatic heterocycles. The van der Waals surface area contributed by atoms with Crippen LogP contribution in [0.1, 0.15) is 26.7 Å². The molecular formula is C14H20N2O. The van der Waals surface area contributed by atoms with Gasteiger partial charge in [-0.05, 0) is 37.8 Å². The summed E-state index contributed by atoms with van der Waals surface area (Å²) in [6.45, 7) is 4.69. The largest absolute Gasteiger partial charge is 0.397 e. The topological polar surface area (TPSA) is 46.3 Å². The van der Waals surface area contributed by atoms with Gasteiger partial charge in [-0.25, -0.2) is 0 Å². The molecule has 1 aliphatic rings. The van der Waals surface area contributed by atoms with Crippen LogP contribution in [-0.2, 0) is 4.79 Å². The van der Waals surface area contributed by atoms with Crippen molar-refractivity contribution in [3.05, 3.63) is 24.3 Å². The number of nitrogens with two attached hydrogens (primary N) is 1. The normalized spacial score (nSPS) is 16.6. The molecular weight excluding hydrogens is 212 g/mol. The van der Waals surface area contributed by atoms with E-state index in [0.29, 0.717) is 18.2 Å². The fourth-order valence-corrected chi connectivity index (χ4v) is 2.22. The summed E-state index contributed by atoms with van der Waals surface area (Å²) in [6, 6.07) is 7.56. The van der Waals surface area contributed by atoms with Crippen LogP contribution in [0.4, 0.5) is 11.4 Å². The van der Waals surface area contributed by atoms with E-state index in [1.807, 2.05) is 38.1 Å². The van der Waals surface area contributed by atoms with Crippen LogP contribution in [0.5, 0.6) is 0 Å². The van der Waals surface area contributed by atoms with Crippen molar-refractivity contribution in [2.24, 2.45) is 11.8 Å². The van der Waals surface area contributed by atoms with Crippen LogP contribution in [0.3, 0.4) is 0 Å². The van der Waals surface area contributed by atoms with E-state index in [9.17, 15) is 4.79 Å². The Morgan fingerprint density at radius 3 is 2.65 bits per heavy atom. The first-order chi connectivity index (χ1) is 8.15. The lowest BCUT2D eigenvalue weighted by Crippen LogP contribution is -2.36. The molecule has 0 radical (unpaired) electrons. The lowest BCUT2D eigenvalue weighted by molar-refractivity contribution is -0.122. The maximum absolute atomic E-state index is 12.4. The molecule has 1 fully saturated rings. The Labute approximate surface area is 103 Å². The van der Waals surface area contributed by atoms with E-state index in [1.54, 1.807) is 4.90 Å². The Morgan fingerprint density at radius 1 is 1.47 bits per heavy atom. The lowest BCUT2D eigenvalue weighted by Gasteiger charge is -2.25. The monoisotopic (exact) mass is 232 g/mol. The third kappa shape index (κ3) is 2.43. The minimum atomic E-state index is 0.120. The van der Waals surface area contributed by atoms with Gasteiger partial charge in [0.2, 0.25) is 5.91 Å². The molecule has 2 rings (SSSR count). The van der Waals surface area contributed by atoms with Gasteiger partial charge < -0.3 is 10.6 Å². The van der Waals surface area contributed by atoms with Crippen LogP contribution in [0.2, 0.25) is 0 Å². The van der Waals surface area contributed by atoms with Crippen molar-refractivity contribution in [1.82, 2.24) is 0 Å². The van der Waals surface area contributed by atoms with Crippen molar-refractivity contribution >= 4 is 17.3 Å². The zero-order chi connectivity index (χ0) is 12.4. The van der Waals surface area contributed by atoms with Crippen LogP contribution in [0, 0.1) is 11.8 Å². The highest BCUT2D eigenvalue weighted by Crippen LogP contribution is 2.38. The van der Waals surface area contributed by atoms with E-state index in [4.69, 9.17) is 5.73 Å². The number of carbonyl (C=O) groups is 1. The summed E-state index contributed by atoms with van der Waals surface area (Å²) in [7, 11) is 0. The molecule has 92 valence electrons. The Kier molecular flexibility index (Phi) is 3.36. The first-order valence-corrected chi connectivity index (χ1v) is 6.31. The minimum absolute atomic E-state index is 0.120. The Morgan fingerprint density at radius 2 is 2.12 bits per heavy atom. The average molecular weight is 232 g/mol. The third-order valence-electron chi connectivity index (χ3n) is 3.53. The molecule has 3 nitrogen and oxygen atoms in total. The summed E-state index contributed by atoms with van der Waals surface area (Å²) in [6.07, 6.45) is 2.38. The van der Waals surface area contributed by atoms with Gasteiger partial charge in [0.1, 0.15) is 0 Å². The van der Waals surface area contributed by atoms with Crippen LogP contribution in [0.25, 0.3) is 0 Å². The number of rotatable bonds is 4. The van der Waals surface area contributed by atoms with Gasteiger partial charge in [0, 0.05) is 12.5 Å². The van der Waals surface area contributed by atoms with Gasteiger partial charge in [-0.15, -0.1) is 0 Å². The highest BCUT2D eigenvalue weighted by Gasteiger charge is 2.35. The molecule has 3 heteroatoms. The SMILES string of the molecule is CCN(C(=O)C(C)C1CC1)c1ccccc1N. The number of hydrogen-bond acceptors (Lipinski definition) is 2. The van der Waals surface area contributed by atoms with E-state index in [-0.39, 0.29) is 11.8 Å². The summed E-state index contributed by atoms with van der Waals surface area (Å²) in [5.41, 5.74) is 7.45.